The van der Waals surface area contributed by atoms with Crippen molar-refractivity contribution in [1.29, 1.82) is 0 Å². The van der Waals surface area contributed by atoms with Crippen LogP contribution in [0.1, 0.15) is 5.56 Å². The topological polar surface area (TPSA) is 55.1 Å². The predicted octanol–water partition coefficient (Wildman–Crippen LogP) is 4.52. The van der Waals surface area contributed by atoms with Crippen LogP contribution in [0, 0.1) is 12.7 Å². The molecule has 122 valence electrons. The van der Waals surface area contributed by atoms with Gasteiger partial charge in [0.15, 0.2) is 0 Å². The van der Waals surface area contributed by atoms with Crippen molar-refractivity contribution < 1.29 is 13.7 Å². The van der Waals surface area contributed by atoms with E-state index in [-0.39, 0.29) is 17.5 Å². The van der Waals surface area contributed by atoms with Gasteiger partial charge in [-0.3, -0.25) is 10.1 Å². The smallest absolute Gasteiger partial charge is 0.237 e. The fraction of sp³-hybridized carbons (Fsp3) is 0.111. The zero-order valence-corrected chi connectivity index (χ0v) is 13.8. The highest BCUT2D eigenvalue weighted by molar-refractivity contribution is 8.00. The zero-order chi connectivity index (χ0) is 16.9. The molecule has 0 saturated heterocycles. The minimum atomic E-state index is -0.297. The first-order chi connectivity index (χ1) is 11.6. The maximum Gasteiger partial charge on any atom is 0.237 e. The Morgan fingerprint density at radius 3 is 2.58 bits per heavy atom. The van der Waals surface area contributed by atoms with Crippen molar-refractivity contribution >= 4 is 23.6 Å². The van der Waals surface area contributed by atoms with Gasteiger partial charge in [-0.05, 0) is 31.2 Å². The molecule has 0 radical (unpaired) electrons. The summed E-state index contributed by atoms with van der Waals surface area (Å²) in [7, 11) is 0. The van der Waals surface area contributed by atoms with Gasteiger partial charge in [-0.1, -0.05) is 35.0 Å². The molecular formula is C18H15FN2O2S. The fourth-order valence-corrected chi connectivity index (χ4v) is 2.75. The summed E-state index contributed by atoms with van der Waals surface area (Å²) < 4.78 is 18.0. The van der Waals surface area contributed by atoms with Gasteiger partial charge in [-0.15, -0.1) is 11.8 Å². The van der Waals surface area contributed by atoms with E-state index in [1.54, 1.807) is 18.2 Å². The van der Waals surface area contributed by atoms with Crippen LogP contribution in [0.15, 0.2) is 64.0 Å². The number of nitrogens with zero attached hydrogens (tertiary/aromatic N) is 1. The van der Waals surface area contributed by atoms with Gasteiger partial charge in [0.05, 0.1) is 5.75 Å². The number of amides is 1. The van der Waals surface area contributed by atoms with E-state index < -0.39 is 0 Å². The first-order valence-corrected chi connectivity index (χ1v) is 8.31. The highest BCUT2D eigenvalue weighted by Gasteiger charge is 2.10. The number of thioether (sulfide) groups is 1. The number of hydrogen-bond acceptors (Lipinski definition) is 4. The molecular weight excluding hydrogens is 327 g/mol. The second-order valence-electron chi connectivity index (χ2n) is 5.23. The van der Waals surface area contributed by atoms with Crippen LogP contribution in [0.5, 0.6) is 0 Å². The molecule has 1 aromatic heterocycles. The highest BCUT2D eigenvalue weighted by Crippen LogP contribution is 2.23. The van der Waals surface area contributed by atoms with Gasteiger partial charge in [0.2, 0.25) is 11.8 Å². The van der Waals surface area contributed by atoms with E-state index in [2.05, 4.69) is 10.5 Å². The van der Waals surface area contributed by atoms with Gasteiger partial charge >= 0.3 is 0 Å². The van der Waals surface area contributed by atoms with Crippen molar-refractivity contribution in [2.75, 3.05) is 11.1 Å². The number of anilines is 1. The van der Waals surface area contributed by atoms with Crippen molar-refractivity contribution in [2.24, 2.45) is 0 Å². The van der Waals surface area contributed by atoms with Crippen molar-refractivity contribution in [2.45, 2.75) is 11.8 Å². The normalized spacial score (nSPS) is 10.6. The molecule has 0 saturated carbocycles. The van der Waals surface area contributed by atoms with Crippen molar-refractivity contribution in [1.82, 2.24) is 5.16 Å². The predicted molar refractivity (Wildman–Crippen MR) is 92.4 cm³/mol. The number of nitrogens with one attached hydrogen (secondary N) is 1. The number of halogens is 1. The summed E-state index contributed by atoms with van der Waals surface area (Å²) >= 11 is 1.32. The molecule has 6 heteroatoms. The third-order valence-electron chi connectivity index (χ3n) is 3.30. The van der Waals surface area contributed by atoms with E-state index in [0.717, 1.165) is 16.0 Å². The number of rotatable bonds is 5. The van der Waals surface area contributed by atoms with E-state index in [1.165, 1.54) is 23.9 Å². The quantitative estimate of drug-likeness (QED) is 0.693. The van der Waals surface area contributed by atoms with Crippen LogP contribution in [0.4, 0.5) is 10.3 Å². The first-order valence-electron chi connectivity index (χ1n) is 7.32. The van der Waals surface area contributed by atoms with Gasteiger partial charge in [-0.25, -0.2) is 4.39 Å². The molecule has 3 rings (SSSR count). The van der Waals surface area contributed by atoms with Gasteiger partial charge in [0.25, 0.3) is 0 Å². The largest absolute Gasteiger partial charge is 0.338 e. The lowest BCUT2D eigenvalue weighted by Gasteiger charge is -2.01. The number of benzene rings is 2. The van der Waals surface area contributed by atoms with Crippen LogP contribution in [0.3, 0.4) is 0 Å². The Morgan fingerprint density at radius 1 is 1.17 bits per heavy atom. The SMILES string of the molecule is Cc1ccc(-c2cc(NC(=O)CSc3ccc(F)cc3)on2)cc1. The summed E-state index contributed by atoms with van der Waals surface area (Å²) in [6.45, 7) is 2.01. The van der Waals surface area contributed by atoms with E-state index in [1.807, 2.05) is 31.2 Å². The molecule has 0 spiro atoms. The van der Waals surface area contributed by atoms with E-state index in [9.17, 15) is 9.18 Å². The Kier molecular flexibility index (Phi) is 4.96. The summed E-state index contributed by atoms with van der Waals surface area (Å²) in [5.74, 6) is -0.00745. The molecule has 0 aliphatic heterocycles. The third kappa shape index (κ3) is 4.23. The summed E-state index contributed by atoms with van der Waals surface area (Å²) in [5, 5.41) is 6.62. The Labute approximate surface area is 143 Å². The fourth-order valence-electron chi connectivity index (χ4n) is 2.05. The van der Waals surface area contributed by atoms with Crippen molar-refractivity contribution in [3.05, 3.63) is 66.0 Å². The van der Waals surface area contributed by atoms with E-state index >= 15 is 0 Å². The second kappa shape index (κ2) is 7.31. The van der Waals surface area contributed by atoms with E-state index in [0.29, 0.717) is 11.6 Å². The average molecular weight is 342 g/mol. The molecule has 1 N–H and O–H groups in total. The number of aromatic nitrogens is 1. The lowest BCUT2D eigenvalue weighted by atomic mass is 10.1. The Morgan fingerprint density at radius 2 is 1.88 bits per heavy atom. The van der Waals surface area contributed by atoms with Gasteiger partial charge in [-0.2, -0.15) is 0 Å². The number of carbonyl (C=O) groups is 1. The second-order valence-corrected chi connectivity index (χ2v) is 6.28. The minimum absolute atomic E-state index is 0.201. The molecule has 3 aromatic rings. The maximum atomic E-state index is 12.8. The lowest BCUT2D eigenvalue weighted by molar-refractivity contribution is -0.113. The third-order valence-corrected chi connectivity index (χ3v) is 4.32. The van der Waals surface area contributed by atoms with Crippen LogP contribution >= 0.6 is 11.8 Å². The van der Waals surface area contributed by atoms with Crippen molar-refractivity contribution in [3.8, 4) is 11.3 Å². The highest BCUT2D eigenvalue weighted by atomic mass is 32.2. The Hall–Kier alpha value is -2.60. The van der Waals surface area contributed by atoms with Crippen LogP contribution in [-0.2, 0) is 4.79 Å². The molecule has 0 atom stereocenters. The van der Waals surface area contributed by atoms with Gasteiger partial charge in [0.1, 0.15) is 11.5 Å². The van der Waals surface area contributed by atoms with Gasteiger partial charge in [0, 0.05) is 16.5 Å². The minimum Gasteiger partial charge on any atom is -0.338 e. The molecule has 0 aliphatic rings. The first kappa shape index (κ1) is 16.3. The number of aryl methyl sites for hydroxylation is 1. The zero-order valence-electron chi connectivity index (χ0n) is 13.0. The summed E-state index contributed by atoms with van der Waals surface area (Å²) in [6, 6.07) is 15.6. The van der Waals surface area contributed by atoms with Crippen molar-refractivity contribution in [3.63, 3.8) is 0 Å². The molecule has 24 heavy (non-hydrogen) atoms. The molecule has 0 fully saturated rings. The van der Waals surface area contributed by atoms with Crippen LogP contribution in [0.25, 0.3) is 11.3 Å². The summed E-state index contributed by atoms with van der Waals surface area (Å²) in [5.41, 5.74) is 2.75. The summed E-state index contributed by atoms with van der Waals surface area (Å²) in [6.07, 6.45) is 0. The average Bonchev–Trinajstić information content (AvgIpc) is 3.03. The number of hydrogen-bond donors (Lipinski definition) is 1. The molecule has 0 aliphatic carbocycles. The van der Waals surface area contributed by atoms with E-state index in [4.69, 9.17) is 4.52 Å². The van der Waals surface area contributed by atoms with Gasteiger partial charge < -0.3 is 4.52 Å². The molecule has 1 heterocycles. The molecule has 1 amide bonds. The maximum absolute atomic E-state index is 12.8. The Balaban J connectivity index is 1.57. The Bertz CT molecular complexity index is 829. The number of carbonyl (C=O) groups excluding carboxylic acids is 1. The molecule has 4 nitrogen and oxygen atoms in total. The molecule has 2 aromatic carbocycles. The standard InChI is InChI=1S/C18H15FN2O2S/c1-12-2-4-13(5-3-12)16-10-18(23-21-16)20-17(22)11-24-15-8-6-14(19)7-9-15/h2-10H,11H2,1H3,(H,20,22). The molecule has 0 unspecified atom stereocenters. The monoisotopic (exact) mass is 342 g/mol. The van der Waals surface area contributed by atoms with Crippen LogP contribution < -0.4 is 5.32 Å². The molecule has 0 bridgehead atoms. The van der Waals surface area contributed by atoms with Crippen LogP contribution in [-0.4, -0.2) is 16.8 Å². The van der Waals surface area contributed by atoms with Crippen LogP contribution in [0.2, 0.25) is 0 Å². The lowest BCUT2D eigenvalue weighted by Crippen LogP contribution is -2.13. The summed E-state index contributed by atoms with van der Waals surface area (Å²) in [4.78, 5) is 12.8.